The van der Waals surface area contributed by atoms with Gasteiger partial charge in [-0.15, -0.1) is 0 Å². The van der Waals surface area contributed by atoms with Crippen LogP contribution in [0.2, 0.25) is 0 Å². The van der Waals surface area contributed by atoms with Crippen molar-refractivity contribution in [1.29, 1.82) is 0 Å². The van der Waals surface area contributed by atoms with E-state index in [-0.39, 0.29) is 17.1 Å². The Morgan fingerprint density at radius 1 is 1.24 bits per heavy atom. The number of thioether (sulfide) groups is 1. The summed E-state index contributed by atoms with van der Waals surface area (Å²) in [5.74, 6) is 0.141. The zero-order valence-electron chi connectivity index (χ0n) is 15.6. The number of piperidine rings is 1. The van der Waals surface area contributed by atoms with Crippen LogP contribution >= 0.6 is 11.8 Å². The molecule has 3 heterocycles. The van der Waals surface area contributed by atoms with Gasteiger partial charge in [-0.1, -0.05) is 11.8 Å². The van der Waals surface area contributed by atoms with Gasteiger partial charge in [0, 0.05) is 43.1 Å². The standard InChI is InChI=1S/C17H26BN3O3S/c1-12(22)21-8-6-7-14(11-21)25-15-19-9-13(10-20-15)18-23-16(2,3)17(4,5)24-18/h9-10,14H,6-8,11H2,1-5H3/t14-/m0/s1. The summed E-state index contributed by atoms with van der Waals surface area (Å²) in [6.07, 6.45) is 5.67. The number of aromatic nitrogens is 2. The Labute approximate surface area is 154 Å². The quantitative estimate of drug-likeness (QED) is 0.604. The van der Waals surface area contributed by atoms with Crippen LogP contribution in [0.4, 0.5) is 0 Å². The highest BCUT2D eigenvalue weighted by Gasteiger charge is 2.51. The van der Waals surface area contributed by atoms with E-state index in [1.165, 1.54) is 0 Å². The molecule has 136 valence electrons. The van der Waals surface area contributed by atoms with Crippen molar-refractivity contribution >= 4 is 30.3 Å². The molecule has 0 aliphatic carbocycles. The molecule has 1 aromatic heterocycles. The minimum Gasteiger partial charge on any atom is -0.399 e. The van der Waals surface area contributed by atoms with E-state index in [0.717, 1.165) is 36.6 Å². The number of nitrogens with zero attached hydrogens (tertiary/aromatic N) is 3. The van der Waals surface area contributed by atoms with E-state index in [2.05, 4.69) is 9.97 Å². The third-order valence-electron chi connectivity index (χ3n) is 5.27. The molecule has 0 aromatic carbocycles. The fraction of sp³-hybridized carbons (Fsp3) is 0.706. The Bertz CT molecular complexity index is 623. The monoisotopic (exact) mass is 363 g/mol. The fourth-order valence-corrected chi connectivity index (χ4v) is 4.02. The van der Waals surface area contributed by atoms with Crippen molar-refractivity contribution in [3.8, 4) is 0 Å². The molecule has 2 aliphatic rings. The lowest BCUT2D eigenvalue weighted by atomic mass is 9.81. The van der Waals surface area contributed by atoms with Crippen LogP contribution in [0, 0.1) is 0 Å². The topological polar surface area (TPSA) is 64.6 Å². The summed E-state index contributed by atoms with van der Waals surface area (Å²) < 4.78 is 12.1. The molecule has 1 aromatic rings. The Kier molecular flexibility index (Phi) is 5.15. The molecule has 0 bridgehead atoms. The molecule has 0 unspecified atom stereocenters. The SMILES string of the molecule is CC(=O)N1CCC[C@H](Sc2ncc(B3OC(C)(C)C(C)(C)O3)cn2)C1. The number of rotatable bonds is 3. The largest absolute Gasteiger partial charge is 0.498 e. The lowest BCUT2D eigenvalue weighted by molar-refractivity contribution is -0.129. The predicted octanol–water partition coefficient (Wildman–Crippen LogP) is 1.88. The van der Waals surface area contributed by atoms with Gasteiger partial charge >= 0.3 is 7.12 Å². The fourth-order valence-electron chi connectivity index (χ4n) is 2.96. The van der Waals surface area contributed by atoms with Crippen molar-refractivity contribution < 1.29 is 14.1 Å². The normalized spacial score (nSPS) is 25.2. The molecular formula is C17H26BN3O3S. The third-order valence-corrected chi connectivity index (χ3v) is 6.41. The number of hydrogen-bond acceptors (Lipinski definition) is 6. The zero-order valence-corrected chi connectivity index (χ0v) is 16.4. The van der Waals surface area contributed by atoms with Crippen LogP contribution in [0.5, 0.6) is 0 Å². The Morgan fingerprint density at radius 3 is 2.40 bits per heavy atom. The van der Waals surface area contributed by atoms with Crippen molar-refractivity contribution in [2.75, 3.05) is 13.1 Å². The zero-order chi connectivity index (χ0) is 18.2. The first kappa shape index (κ1) is 18.7. The van der Waals surface area contributed by atoms with Crippen LogP contribution in [0.25, 0.3) is 0 Å². The van der Waals surface area contributed by atoms with Gasteiger partial charge in [-0.2, -0.15) is 0 Å². The van der Waals surface area contributed by atoms with Crippen molar-refractivity contribution in [3.63, 3.8) is 0 Å². The Balaban J connectivity index is 1.62. The second kappa shape index (κ2) is 6.89. The predicted molar refractivity (Wildman–Crippen MR) is 98.9 cm³/mol. The maximum Gasteiger partial charge on any atom is 0.498 e. The van der Waals surface area contributed by atoms with Gasteiger partial charge in [0.25, 0.3) is 0 Å². The maximum absolute atomic E-state index is 11.6. The van der Waals surface area contributed by atoms with Crippen LogP contribution in [0.1, 0.15) is 47.5 Å². The Morgan fingerprint density at radius 2 is 1.84 bits per heavy atom. The molecule has 0 radical (unpaired) electrons. The van der Waals surface area contributed by atoms with Gasteiger partial charge in [-0.3, -0.25) is 4.79 Å². The highest BCUT2D eigenvalue weighted by molar-refractivity contribution is 7.99. The van der Waals surface area contributed by atoms with Gasteiger partial charge < -0.3 is 14.2 Å². The van der Waals surface area contributed by atoms with Crippen molar-refractivity contribution in [3.05, 3.63) is 12.4 Å². The summed E-state index contributed by atoms with van der Waals surface area (Å²) in [4.78, 5) is 22.4. The molecule has 8 heteroatoms. The number of carbonyl (C=O) groups excluding carboxylic acids is 1. The first-order valence-corrected chi connectivity index (χ1v) is 9.66. The highest BCUT2D eigenvalue weighted by atomic mass is 32.2. The van der Waals surface area contributed by atoms with Gasteiger partial charge in [0.2, 0.25) is 5.91 Å². The van der Waals surface area contributed by atoms with Crippen LogP contribution in [-0.2, 0) is 14.1 Å². The summed E-state index contributed by atoms with van der Waals surface area (Å²) in [5.41, 5.74) is 0.0872. The average Bonchev–Trinajstić information content (AvgIpc) is 2.76. The average molecular weight is 363 g/mol. The number of likely N-dealkylation sites (tertiary alicyclic amines) is 1. The van der Waals surface area contributed by atoms with Gasteiger partial charge in [0.15, 0.2) is 5.16 Å². The number of hydrogen-bond donors (Lipinski definition) is 0. The van der Waals surface area contributed by atoms with Crippen molar-refractivity contribution in [2.24, 2.45) is 0 Å². The Hall–Kier alpha value is -1.12. The summed E-state index contributed by atoms with van der Waals surface area (Å²) >= 11 is 1.64. The van der Waals surface area contributed by atoms with E-state index in [9.17, 15) is 4.79 Å². The number of carbonyl (C=O) groups is 1. The molecule has 0 saturated carbocycles. The van der Waals surface area contributed by atoms with Gasteiger partial charge in [-0.05, 0) is 40.5 Å². The van der Waals surface area contributed by atoms with Crippen LogP contribution in [0.3, 0.4) is 0 Å². The molecule has 0 spiro atoms. The van der Waals surface area contributed by atoms with Gasteiger partial charge in [0.05, 0.1) is 11.2 Å². The lowest BCUT2D eigenvalue weighted by Gasteiger charge is -2.32. The second-order valence-electron chi connectivity index (χ2n) is 7.73. The summed E-state index contributed by atoms with van der Waals surface area (Å²) in [6, 6.07) is 0. The molecule has 3 rings (SSSR count). The first-order valence-electron chi connectivity index (χ1n) is 8.78. The molecule has 0 N–H and O–H groups in total. The molecule has 6 nitrogen and oxygen atoms in total. The first-order chi connectivity index (χ1) is 11.7. The second-order valence-corrected chi connectivity index (χ2v) is 9.00. The summed E-state index contributed by atoms with van der Waals surface area (Å²) in [6.45, 7) is 11.4. The maximum atomic E-state index is 11.6. The van der Waals surface area contributed by atoms with Crippen LogP contribution in [-0.4, -0.2) is 57.4 Å². The molecule has 1 amide bonds. The molecule has 25 heavy (non-hydrogen) atoms. The van der Waals surface area contributed by atoms with Crippen molar-refractivity contribution in [2.45, 2.75) is 69.1 Å². The van der Waals surface area contributed by atoms with Gasteiger partial charge in [-0.25, -0.2) is 9.97 Å². The van der Waals surface area contributed by atoms with E-state index < -0.39 is 7.12 Å². The molecule has 2 saturated heterocycles. The highest BCUT2D eigenvalue weighted by Crippen LogP contribution is 2.36. The lowest BCUT2D eigenvalue weighted by Crippen LogP contribution is -2.41. The molecule has 1 atom stereocenters. The van der Waals surface area contributed by atoms with Crippen molar-refractivity contribution in [1.82, 2.24) is 14.9 Å². The van der Waals surface area contributed by atoms with Gasteiger partial charge in [0.1, 0.15) is 0 Å². The van der Waals surface area contributed by atoms with E-state index in [4.69, 9.17) is 9.31 Å². The minimum atomic E-state index is -0.438. The summed E-state index contributed by atoms with van der Waals surface area (Å²) in [5, 5.41) is 1.08. The minimum absolute atomic E-state index is 0.141. The van der Waals surface area contributed by atoms with Crippen LogP contribution in [0.15, 0.2) is 17.6 Å². The van der Waals surface area contributed by atoms with E-state index in [0.29, 0.717) is 5.25 Å². The third kappa shape index (κ3) is 4.01. The van der Waals surface area contributed by atoms with E-state index >= 15 is 0 Å². The number of amides is 1. The molecular weight excluding hydrogens is 337 g/mol. The molecule has 2 aliphatic heterocycles. The molecule has 2 fully saturated rings. The van der Waals surface area contributed by atoms with E-state index in [1.54, 1.807) is 31.1 Å². The van der Waals surface area contributed by atoms with E-state index in [1.807, 2.05) is 32.6 Å². The smallest absolute Gasteiger partial charge is 0.399 e. The summed E-state index contributed by atoms with van der Waals surface area (Å²) in [7, 11) is -0.438. The van der Waals surface area contributed by atoms with Crippen LogP contribution < -0.4 is 5.46 Å².